The fourth-order valence-electron chi connectivity index (χ4n) is 3.71. The Morgan fingerprint density at radius 3 is 2.71 bits per heavy atom. The number of morpholine rings is 1. The summed E-state index contributed by atoms with van der Waals surface area (Å²) in [6.07, 6.45) is 2.91. The van der Waals surface area contributed by atoms with E-state index in [1.165, 1.54) is 11.3 Å². The van der Waals surface area contributed by atoms with Crippen molar-refractivity contribution in [2.24, 2.45) is 0 Å². The van der Waals surface area contributed by atoms with Gasteiger partial charge in [0.05, 0.1) is 23.4 Å². The maximum atomic E-state index is 13.5. The van der Waals surface area contributed by atoms with Gasteiger partial charge in [-0.3, -0.25) is 14.6 Å². The Morgan fingerprint density at radius 2 is 2.00 bits per heavy atom. The quantitative estimate of drug-likeness (QED) is 0.431. The molecule has 0 bridgehead atoms. The zero-order valence-corrected chi connectivity index (χ0v) is 20.2. The molecule has 0 unspecified atom stereocenters. The Hall–Kier alpha value is -1.64. The molecule has 8 heteroatoms. The summed E-state index contributed by atoms with van der Waals surface area (Å²) < 4.78 is 6.44. The van der Waals surface area contributed by atoms with Crippen LogP contribution in [0.3, 0.4) is 0 Å². The van der Waals surface area contributed by atoms with Crippen LogP contribution in [0.2, 0.25) is 5.02 Å². The molecule has 4 rings (SSSR count). The molecular weight excluding hydrogens is 450 g/mol. The van der Waals surface area contributed by atoms with Crippen molar-refractivity contribution in [3.63, 3.8) is 0 Å². The van der Waals surface area contributed by atoms with Gasteiger partial charge < -0.3 is 4.74 Å². The summed E-state index contributed by atoms with van der Waals surface area (Å²) >= 11 is 9.44. The number of hydrogen-bond acceptors (Lipinski definition) is 6. The fraction of sp³-hybridized carbons (Fsp3) is 0.391. The largest absolute Gasteiger partial charge is 0.379 e. The molecule has 3 aromatic rings. The number of nitrogens with zero attached hydrogens (tertiary/aromatic N) is 3. The van der Waals surface area contributed by atoms with E-state index in [2.05, 4.69) is 4.90 Å². The van der Waals surface area contributed by atoms with Gasteiger partial charge >= 0.3 is 0 Å². The molecule has 0 atom stereocenters. The van der Waals surface area contributed by atoms with Crippen molar-refractivity contribution in [2.45, 2.75) is 18.2 Å². The number of carbonyl (C=O) groups excluding carboxylic acids is 1. The zero-order valence-electron chi connectivity index (χ0n) is 17.8. The van der Waals surface area contributed by atoms with E-state index >= 15 is 0 Å². The molecule has 0 spiro atoms. The van der Waals surface area contributed by atoms with Gasteiger partial charge in [0.1, 0.15) is 0 Å². The van der Waals surface area contributed by atoms with Crippen LogP contribution in [0.5, 0.6) is 0 Å². The fourth-order valence-corrected chi connectivity index (χ4v) is 5.56. The number of benzene rings is 2. The van der Waals surface area contributed by atoms with Gasteiger partial charge in [0, 0.05) is 41.7 Å². The molecule has 0 aliphatic carbocycles. The second kappa shape index (κ2) is 10.3. The van der Waals surface area contributed by atoms with Crippen molar-refractivity contribution in [2.75, 3.05) is 50.5 Å². The summed E-state index contributed by atoms with van der Waals surface area (Å²) in [5.74, 6) is -0.0163. The molecular formula is C23H26ClN3O2S2. The first kappa shape index (κ1) is 22.6. The Labute approximate surface area is 196 Å². The Kier molecular flexibility index (Phi) is 7.51. The molecule has 0 radical (unpaired) electrons. The summed E-state index contributed by atoms with van der Waals surface area (Å²) in [4.78, 5) is 23.7. The molecule has 1 aliphatic rings. The first-order valence-electron chi connectivity index (χ1n) is 10.4. The maximum Gasteiger partial charge on any atom is 0.260 e. The summed E-state index contributed by atoms with van der Waals surface area (Å²) in [6.45, 7) is 7.02. The standard InChI is InChI=1S/C23H26ClN3O2S2/c1-16-14-18(24)15-20-21(16)25-23(31-20)27(9-3-8-26-10-12-29-13-11-26)22(28)17-4-6-19(30-2)7-5-17/h4-7,14-15H,3,8-13H2,1-2H3. The highest BCUT2D eigenvalue weighted by Crippen LogP contribution is 2.34. The first-order chi connectivity index (χ1) is 15.0. The van der Waals surface area contributed by atoms with Gasteiger partial charge in [-0.2, -0.15) is 0 Å². The SMILES string of the molecule is CSc1ccc(C(=O)N(CCCN2CCOCC2)c2nc3c(C)cc(Cl)cc3s2)cc1. The van der Waals surface area contributed by atoms with Crippen molar-refractivity contribution in [3.8, 4) is 0 Å². The highest BCUT2D eigenvalue weighted by atomic mass is 35.5. The second-order valence-corrected chi connectivity index (χ2v) is 9.88. The van der Waals surface area contributed by atoms with E-state index in [0.29, 0.717) is 17.1 Å². The van der Waals surface area contributed by atoms with E-state index in [1.807, 2.05) is 54.5 Å². The van der Waals surface area contributed by atoms with E-state index in [1.54, 1.807) is 11.8 Å². The predicted molar refractivity (Wildman–Crippen MR) is 131 cm³/mol. The molecule has 1 aromatic heterocycles. The molecule has 1 saturated heterocycles. The van der Waals surface area contributed by atoms with Crippen LogP contribution in [-0.2, 0) is 4.74 Å². The van der Waals surface area contributed by atoms with Gasteiger partial charge in [-0.25, -0.2) is 4.98 Å². The minimum absolute atomic E-state index is 0.0163. The van der Waals surface area contributed by atoms with Crippen molar-refractivity contribution in [1.29, 1.82) is 0 Å². The van der Waals surface area contributed by atoms with E-state index in [4.69, 9.17) is 21.3 Å². The Morgan fingerprint density at radius 1 is 1.26 bits per heavy atom. The van der Waals surface area contributed by atoms with E-state index in [-0.39, 0.29) is 5.91 Å². The van der Waals surface area contributed by atoms with E-state index in [0.717, 1.165) is 65.1 Å². The van der Waals surface area contributed by atoms with Gasteiger partial charge in [0.2, 0.25) is 0 Å². The molecule has 0 N–H and O–H groups in total. The van der Waals surface area contributed by atoms with Crippen molar-refractivity contribution < 1.29 is 9.53 Å². The number of rotatable bonds is 7. The number of aryl methyl sites for hydroxylation is 1. The smallest absolute Gasteiger partial charge is 0.260 e. The number of amides is 1. The molecule has 5 nitrogen and oxygen atoms in total. The topological polar surface area (TPSA) is 45.7 Å². The Bertz CT molecular complexity index is 1050. The third-order valence-electron chi connectivity index (χ3n) is 5.41. The number of fused-ring (bicyclic) bond motifs is 1. The van der Waals surface area contributed by atoms with Crippen LogP contribution in [0.15, 0.2) is 41.3 Å². The van der Waals surface area contributed by atoms with Crippen LogP contribution in [0, 0.1) is 6.92 Å². The predicted octanol–water partition coefficient (Wildman–Crippen LogP) is 5.35. The second-order valence-electron chi connectivity index (χ2n) is 7.56. The highest BCUT2D eigenvalue weighted by Gasteiger charge is 2.22. The summed E-state index contributed by atoms with van der Waals surface area (Å²) in [6, 6.07) is 11.6. The Balaban J connectivity index is 1.59. The molecule has 1 aliphatic heterocycles. The number of anilines is 1. The lowest BCUT2D eigenvalue weighted by molar-refractivity contribution is 0.0376. The molecule has 2 heterocycles. The summed E-state index contributed by atoms with van der Waals surface area (Å²) in [7, 11) is 0. The maximum absolute atomic E-state index is 13.5. The first-order valence-corrected chi connectivity index (χ1v) is 12.8. The number of hydrogen-bond donors (Lipinski definition) is 0. The number of thiazole rings is 1. The van der Waals surface area contributed by atoms with Crippen LogP contribution in [0.4, 0.5) is 5.13 Å². The molecule has 0 saturated carbocycles. The van der Waals surface area contributed by atoms with Crippen LogP contribution in [0.1, 0.15) is 22.3 Å². The van der Waals surface area contributed by atoms with Crippen LogP contribution in [-0.4, -0.2) is 61.4 Å². The van der Waals surface area contributed by atoms with Crippen molar-refractivity contribution >= 4 is 56.0 Å². The van der Waals surface area contributed by atoms with E-state index in [9.17, 15) is 4.79 Å². The molecule has 1 amide bonds. The van der Waals surface area contributed by atoms with Gasteiger partial charge in [0.15, 0.2) is 5.13 Å². The lowest BCUT2D eigenvalue weighted by Crippen LogP contribution is -2.39. The molecule has 2 aromatic carbocycles. The summed E-state index contributed by atoms with van der Waals surface area (Å²) in [5.41, 5.74) is 2.61. The summed E-state index contributed by atoms with van der Waals surface area (Å²) in [5, 5.41) is 1.42. The lowest BCUT2D eigenvalue weighted by Gasteiger charge is -2.27. The monoisotopic (exact) mass is 475 g/mol. The average Bonchev–Trinajstić information content (AvgIpc) is 3.21. The number of thioether (sulfide) groups is 1. The molecule has 164 valence electrons. The minimum atomic E-state index is -0.0163. The van der Waals surface area contributed by atoms with Crippen LogP contribution >= 0.6 is 34.7 Å². The minimum Gasteiger partial charge on any atom is -0.379 e. The third kappa shape index (κ3) is 5.41. The van der Waals surface area contributed by atoms with E-state index < -0.39 is 0 Å². The lowest BCUT2D eigenvalue weighted by atomic mass is 10.2. The average molecular weight is 476 g/mol. The van der Waals surface area contributed by atoms with Gasteiger partial charge in [-0.05, 0) is 61.6 Å². The van der Waals surface area contributed by atoms with Crippen molar-refractivity contribution in [1.82, 2.24) is 9.88 Å². The molecule has 31 heavy (non-hydrogen) atoms. The normalized spacial score (nSPS) is 14.8. The number of ether oxygens (including phenoxy) is 1. The number of halogens is 1. The third-order valence-corrected chi connectivity index (χ3v) is 7.40. The molecule has 1 fully saturated rings. The highest BCUT2D eigenvalue weighted by molar-refractivity contribution is 7.98. The van der Waals surface area contributed by atoms with Gasteiger partial charge in [-0.1, -0.05) is 22.9 Å². The number of aromatic nitrogens is 1. The van der Waals surface area contributed by atoms with Crippen LogP contribution in [0.25, 0.3) is 10.2 Å². The van der Waals surface area contributed by atoms with Crippen molar-refractivity contribution in [3.05, 3.63) is 52.5 Å². The zero-order chi connectivity index (χ0) is 21.8. The number of carbonyl (C=O) groups is 1. The van der Waals surface area contributed by atoms with Crippen LogP contribution < -0.4 is 4.90 Å². The van der Waals surface area contributed by atoms with Gasteiger partial charge in [0.25, 0.3) is 5.91 Å². The van der Waals surface area contributed by atoms with Gasteiger partial charge in [-0.15, -0.1) is 11.8 Å².